The van der Waals surface area contributed by atoms with E-state index in [2.05, 4.69) is 29.8 Å². The van der Waals surface area contributed by atoms with Gasteiger partial charge in [-0.05, 0) is 61.6 Å². The first-order valence-corrected chi connectivity index (χ1v) is 14.4. The zero-order valence-electron chi connectivity index (χ0n) is 21.6. The third kappa shape index (κ3) is 6.08. The fourth-order valence-electron chi connectivity index (χ4n) is 5.51. The molecule has 1 atom stereocenters. The van der Waals surface area contributed by atoms with Gasteiger partial charge >= 0.3 is 0 Å². The normalized spacial score (nSPS) is 14.9. The molecule has 1 aromatic heterocycles. The summed E-state index contributed by atoms with van der Waals surface area (Å²) in [5.74, 6) is 1.51. The van der Waals surface area contributed by atoms with Gasteiger partial charge in [0.05, 0.1) is 22.6 Å². The van der Waals surface area contributed by atoms with Crippen molar-refractivity contribution in [1.82, 2.24) is 14.5 Å². The van der Waals surface area contributed by atoms with Gasteiger partial charge in [0.1, 0.15) is 5.82 Å². The Morgan fingerprint density at radius 3 is 2.50 bits per heavy atom. The molecule has 0 N–H and O–H groups in total. The van der Waals surface area contributed by atoms with Gasteiger partial charge in [-0.1, -0.05) is 80.4 Å². The maximum absolute atomic E-state index is 13.8. The van der Waals surface area contributed by atoms with Crippen LogP contribution < -0.4 is 5.56 Å². The van der Waals surface area contributed by atoms with Crippen LogP contribution in [0.4, 0.5) is 0 Å². The number of hydrogen-bond acceptors (Lipinski definition) is 3. The molecule has 0 bridgehead atoms. The molecule has 0 saturated heterocycles. The van der Waals surface area contributed by atoms with E-state index < -0.39 is 0 Å². The number of hydrogen-bond donors (Lipinski definition) is 0. The number of rotatable bonds is 11. The maximum atomic E-state index is 13.8. The van der Waals surface area contributed by atoms with Crippen molar-refractivity contribution in [3.63, 3.8) is 0 Å². The van der Waals surface area contributed by atoms with Gasteiger partial charge in [-0.3, -0.25) is 14.2 Å². The van der Waals surface area contributed by atoms with E-state index in [1.54, 1.807) is 4.57 Å². The van der Waals surface area contributed by atoms with E-state index in [0.29, 0.717) is 42.0 Å². The van der Waals surface area contributed by atoms with Gasteiger partial charge in [0.15, 0.2) is 0 Å². The fourth-order valence-corrected chi connectivity index (χ4v) is 5.78. The van der Waals surface area contributed by atoms with Crippen LogP contribution in [-0.2, 0) is 4.79 Å². The van der Waals surface area contributed by atoms with E-state index in [1.165, 1.54) is 25.7 Å². The first-order chi connectivity index (χ1) is 17.5. The molecule has 6 heteroatoms. The zero-order chi connectivity index (χ0) is 25.5. The highest BCUT2D eigenvalue weighted by molar-refractivity contribution is 9.10. The molecule has 1 saturated carbocycles. The molecule has 1 fully saturated rings. The molecule has 2 aromatic carbocycles. The molecule has 1 heterocycles. The Bertz CT molecular complexity index is 1220. The van der Waals surface area contributed by atoms with Gasteiger partial charge in [0, 0.05) is 17.4 Å². The van der Waals surface area contributed by atoms with E-state index in [0.717, 1.165) is 35.8 Å². The van der Waals surface area contributed by atoms with Crippen LogP contribution in [0.2, 0.25) is 0 Å². The molecular weight excluding hydrogens is 514 g/mol. The van der Waals surface area contributed by atoms with Gasteiger partial charge in [-0.25, -0.2) is 4.98 Å². The van der Waals surface area contributed by atoms with Crippen molar-refractivity contribution >= 4 is 32.7 Å². The highest BCUT2D eigenvalue weighted by Crippen LogP contribution is 2.31. The summed E-state index contributed by atoms with van der Waals surface area (Å²) in [6.45, 7) is 4.97. The van der Waals surface area contributed by atoms with Gasteiger partial charge in [0.25, 0.3) is 5.56 Å². The Morgan fingerprint density at radius 2 is 1.81 bits per heavy atom. The Morgan fingerprint density at radius 1 is 1.08 bits per heavy atom. The number of halogens is 1. The van der Waals surface area contributed by atoms with E-state index in [-0.39, 0.29) is 17.5 Å². The number of aromatic nitrogens is 2. The summed E-state index contributed by atoms with van der Waals surface area (Å²) in [5.41, 5.74) is 1.35. The van der Waals surface area contributed by atoms with Crippen LogP contribution in [0.1, 0.15) is 89.9 Å². The number of carbonyl (C=O) groups is 1. The first kappa shape index (κ1) is 26.6. The predicted molar refractivity (Wildman–Crippen MR) is 151 cm³/mol. The van der Waals surface area contributed by atoms with Gasteiger partial charge in [0.2, 0.25) is 5.91 Å². The second-order valence-electron chi connectivity index (χ2n) is 10.0. The van der Waals surface area contributed by atoms with E-state index in [4.69, 9.17) is 4.98 Å². The average molecular weight is 553 g/mol. The first-order valence-electron chi connectivity index (χ1n) is 13.6. The molecule has 0 radical (unpaired) electrons. The van der Waals surface area contributed by atoms with Crippen molar-refractivity contribution < 1.29 is 4.79 Å². The molecule has 36 heavy (non-hydrogen) atoms. The summed E-state index contributed by atoms with van der Waals surface area (Å²) in [5, 5.41) is 0.587. The topological polar surface area (TPSA) is 55.2 Å². The summed E-state index contributed by atoms with van der Waals surface area (Å²) >= 11 is 3.50. The molecule has 3 aromatic rings. The second-order valence-corrected chi connectivity index (χ2v) is 10.9. The molecule has 1 aliphatic rings. The Hall–Kier alpha value is -2.47. The summed E-state index contributed by atoms with van der Waals surface area (Å²) in [6.07, 6.45) is 10.4. The third-order valence-electron chi connectivity index (χ3n) is 7.51. The standard InChI is InChI=1S/C30H38BrN3O2/c1-3-5-10-21-33(28(35)20-15-22-11-6-7-12-22)27(4-2)29-32-26-14-9-8-13-25(26)30(36)34(29)24-18-16-23(31)17-19-24/h8-9,13-14,16-19,22,27H,3-7,10-12,15,20-21H2,1-2H3. The number of nitrogens with zero attached hydrogens (tertiary/aromatic N) is 3. The molecule has 1 aliphatic carbocycles. The molecule has 5 nitrogen and oxygen atoms in total. The van der Waals surface area contributed by atoms with Crippen LogP contribution in [-0.4, -0.2) is 26.9 Å². The number of unbranched alkanes of at least 4 members (excludes halogenated alkanes) is 2. The third-order valence-corrected chi connectivity index (χ3v) is 8.04. The molecule has 4 rings (SSSR count). The van der Waals surface area contributed by atoms with Crippen LogP contribution in [0.15, 0.2) is 57.8 Å². The number of benzene rings is 2. The van der Waals surface area contributed by atoms with E-state index in [9.17, 15) is 9.59 Å². The fraction of sp³-hybridized carbons (Fsp3) is 0.500. The molecular formula is C30H38BrN3O2. The summed E-state index contributed by atoms with van der Waals surface area (Å²) in [7, 11) is 0. The summed E-state index contributed by atoms with van der Waals surface area (Å²) < 4.78 is 2.67. The number of para-hydroxylation sites is 1. The second kappa shape index (κ2) is 12.7. The Balaban J connectivity index is 1.78. The number of amides is 1. The highest BCUT2D eigenvalue weighted by atomic mass is 79.9. The van der Waals surface area contributed by atoms with Crippen molar-refractivity contribution in [1.29, 1.82) is 0 Å². The van der Waals surface area contributed by atoms with Crippen molar-refractivity contribution in [3.05, 3.63) is 69.2 Å². The van der Waals surface area contributed by atoms with E-state index >= 15 is 0 Å². The summed E-state index contributed by atoms with van der Waals surface area (Å²) in [4.78, 5) is 34.6. The van der Waals surface area contributed by atoms with Crippen LogP contribution in [0.5, 0.6) is 0 Å². The van der Waals surface area contributed by atoms with Gasteiger partial charge in [-0.2, -0.15) is 0 Å². The lowest BCUT2D eigenvalue weighted by Gasteiger charge is -2.33. The molecule has 192 valence electrons. The minimum absolute atomic E-state index is 0.0942. The zero-order valence-corrected chi connectivity index (χ0v) is 23.2. The van der Waals surface area contributed by atoms with Gasteiger partial charge < -0.3 is 4.90 Å². The molecule has 0 spiro atoms. The quantitative estimate of drug-likeness (QED) is 0.230. The highest BCUT2D eigenvalue weighted by Gasteiger charge is 2.29. The monoisotopic (exact) mass is 551 g/mol. The van der Waals surface area contributed by atoms with Crippen LogP contribution >= 0.6 is 15.9 Å². The minimum atomic E-state index is -0.265. The van der Waals surface area contributed by atoms with Crippen molar-refractivity contribution in [3.8, 4) is 5.69 Å². The molecule has 1 amide bonds. The molecule has 1 unspecified atom stereocenters. The number of carbonyl (C=O) groups excluding carboxylic acids is 1. The number of fused-ring (bicyclic) bond motifs is 1. The van der Waals surface area contributed by atoms with Crippen LogP contribution in [0.3, 0.4) is 0 Å². The lowest BCUT2D eigenvalue weighted by atomic mass is 10.0. The largest absolute Gasteiger partial charge is 0.333 e. The smallest absolute Gasteiger partial charge is 0.266 e. The lowest BCUT2D eigenvalue weighted by Crippen LogP contribution is -2.39. The SMILES string of the molecule is CCCCCN(C(=O)CCC1CCCC1)C(CC)c1nc2ccccc2c(=O)n1-c1ccc(Br)cc1. The maximum Gasteiger partial charge on any atom is 0.266 e. The van der Waals surface area contributed by atoms with Gasteiger partial charge in [-0.15, -0.1) is 0 Å². The Kier molecular flexibility index (Phi) is 9.35. The van der Waals surface area contributed by atoms with Crippen molar-refractivity contribution in [2.24, 2.45) is 5.92 Å². The predicted octanol–water partition coefficient (Wildman–Crippen LogP) is 7.59. The van der Waals surface area contributed by atoms with E-state index in [1.807, 2.05) is 53.4 Å². The van der Waals surface area contributed by atoms with Crippen molar-refractivity contribution in [2.45, 2.75) is 84.1 Å². The molecule has 0 aliphatic heterocycles. The summed E-state index contributed by atoms with van der Waals surface area (Å²) in [6, 6.07) is 15.0. The Labute approximate surface area is 223 Å². The lowest BCUT2D eigenvalue weighted by molar-refractivity contribution is -0.134. The van der Waals surface area contributed by atoms with Crippen LogP contribution in [0.25, 0.3) is 16.6 Å². The van der Waals surface area contributed by atoms with Crippen LogP contribution in [0, 0.1) is 5.92 Å². The van der Waals surface area contributed by atoms with Crippen molar-refractivity contribution in [2.75, 3.05) is 6.54 Å². The average Bonchev–Trinajstić information content (AvgIpc) is 3.42. The minimum Gasteiger partial charge on any atom is -0.333 e.